The van der Waals surface area contributed by atoms with E-state index < -0.39 is 0 Å². The molecule has 1 aromatic rings. The van der Waals surface area contributed by atoms with Crippen molar-refractivity contribution < 1.29 is 9.15 Å². The van der Waals surface area contributed by atoms with E-state index in [4.69, 9.17) is 14.9 Å². The van der Waals surface area contributed by atoms with E-state index in [1.165, 1.54) is 25.7 Å². The molecule has 17 heavy (non-hydrogen) atoms. The van der Waals surface area contributed by atoms with Gasteiger partial charge in [0.1, 0.15) is 5.76 Å². The Morgan fingerprint density at radius 1 is 1.35 bits per heavy atom. The molecular formula is C13H20BrNO2. The van der Waals surface area contributed by atoms with Gasteiger partial charge in [0.2, 0.25) is 0 Å². The van der Waals surface area contributed by atoms with Gasteiger partial charge in [-0.3, -0.25) is 0 Å². The van der Waals surface area contributed by atoms with E-state index in [1.54, 1.807) is 13.4 Å². The predicted molar refractivity (Wildman–Crippen MR) is 70.8 cm³/mol. The lowest BCUT2D eigenvalue weighted by molar-refractivity contribution is -0.0489. The summed E-state index contributed by atoms with van der Waals surface area (Å²) in [7, 11) is 1.77. The van der Waals surface area contributed by atoms with Crippen LogP contribution in [0.2, 0.25) is 0 Å². The van der Waals surface area contributed by atoms with Gasteiger partial charge in [0.05, 0.1) is 22.4 Å². The molecule has 4 heteroatoms. The summed E-state index contributed by atoms with van der Waals surface area (Å²) in [4.78, 5) is 0. The second-order valence-electron chi connectivity index (χ2n) is 4.79. The van der Waals surface area contributed by atoms with E-state index in [0.717, 1.165) is 23.1 Å². The zero-order valence-corrected chi connectivity index (χ0v) is 11.8. The standard InChI is InChI=1S/C13H20BrNO2/c1-16-13(7-4-2-3-5-8-13)12(15)11-10(14)6-9-17-11/h6,9,12H,2-5,7-8,15H2,1H3. The zero-order chi connectivity index (χ0) is 12.3. The highest BCUT2D eigenvalue weighted by molar-refractivity contribution is 9.10. The molecule has 0 aliphatic heterocycles. The Bertz CT molecular complexity index is 356. The zero-order valence-electron chi connectivity index (χ0n) is 10.2. The first kappa shape index (κ1) is 13.1. The Hall–Kier alpha value is -0.320. The fraction of sp³-hybridized carbons (Fsp3) is 0.692. The molecule has 0 spiro atoms. The lowest BCUT2D eigenvalue weighted by Crippen LogP contribution is -2.42. The number of hydrogen-bond donors (Lipinski definition) is 1. The highest BCUT2D eigenvalue weighted by Gasteiger charge is 2.40. The first-order chi connectivity index (χ1) is 8.19. The van der Waals surface area contributed by atoms with Crippen molar-refractivity contribution in [3.8, 4) is 0 Å². The lowest BCUT2D eigenvalue weighted by atomic mass is 9.85. The molecule has 1 atom stereocenters. The molecule has 2 N–H and O–H groups in total. The van der Waals surface area contributed by atoms with Crippen LogP contribution in [-0.2, 0) is 4.74 Å². The first-order valence-corrected chi connectivity index (χ1v) is 7.02. The highest BCUT2D eigenvalue weighted by Crippen LogP contribution is 2.40. The van der Waals surface area contributed by atoms with Crippen LogP contribution >= 0.6 is 15.9 Å². The smallest absolute Gasteiger partial charge is 0.137 e. The molecule has 3 nitrogen and oxygen atoms in total. The minimum Gasteiger partial charge on any atom is -0.466 e. The number of furan rings is 1. The number of nitrogens with two attached hydrogens (primary N) is 1. The second-order valence-corrected chi connectivity index (χ2v) is 5.65. The summed E-state index contributed by atoms with van der Waals surface area (Å²) < 4.78 is 12.2. The lowest BCUT2D eigenvalue weighted by Gasteiger charge is -2.36. The van der Waals surface area contributed by atoms with Crippen LogP contribution in [0.1, 0.15) is 50.3 Å². The van der Waals surface area contributed by atoms with Gasteiger partial charge in [-0.1, -0.05) is 25.7 Å². The summed E-state index contributed by atoms with van der Waals surface area (Å²) in [5.41, 5.74) is 6.11. The maximum absolute atomic E-state index is 6.38. The van der Waals surface area contributed by atoms with Gasteiger partial charge in [0.15, 0.2) is 0 Å². The van der Waals surface area contributed by atoms with Crippen LogP contribution in [0, 0.1) is 0 Å². The topological polar surface area (TPSA) is 48.4 Å². The number of ether oxygens (including phenoxy) is 1. The maximum atomic E-state index is 6.38. The summed E-state index contributed by atoms with van der Waals surface area (Å²) in [6, 6.07) is 1.69. The second kappa shape index (κ2) is 5.55. The maximum Gasteiger partial charge on any atom is 0.137 e. The molecule has 1 heterocycles. The Morgan fingerprint density at radius 2 is 2.00 bits per heavy atom. The van der Waals surface area contributed by atoms with Crippen LogP contribution in [0.4, 0.5) is 0 Å². The molecule has 0 amide bonds. The van der Waals surface area contributed by atoms with Crippen molar-refractivity contribution in [2.75, 3.05) is 7.11 Å². The monoisotopic (exact) mass is 301 g/mol. The number of methoxy groups -OCH3 is 1. The first-order valence-electron chi connectivity index (χ1n) is 6.23. The Labute approximate surface area is 111 Å². The minimum absolute atomic E-state index is 0.199. The number of rotatable bonds is 3. The van der Waals surface area contributed by atoms with Gasteiger partial charge in [-0.15, -0.1) is 0 Å². The van der Waals surface area contributed by atoms with Gasteiger partial charge in [-0.05, 0) is 34.8 Å². The fourth-order valence-electron chi connectivity index (χ4n) is 2.74. The molecule has 2 rings (SSSR count). The van der Waals surface area contributed by atoms with Crippen molar-refractivity contribution in [3.05, 3.63) is 22.6 Å². The molecule has 0 radical (unpaired) electrons. The van der Waals surface area contributed by atoms with Crippen molar-refractivity contribution in [1.29, 1.82) is 0 Å². The SMILES string of the molecule is COC1(C(N)c2occc2Br)CCCCCC1. The largest absolute Gasteiger partial charge is 0.466 e. The molecule has 0 saturated heterocycles. The third-order valence-electron chi connectivity index (χ3n) is 3.85. The summed E-state index contributed by atoms with van der Waals surface area (Å²) in [5.74, 6) is 0.800. The van der Waals surface area contributed by atoms with Crippen molar-refractivity contribution in [3.63, 3.8) is 0 Å². The van der Waals surface area contributed by atoms with Crippen molar-refractivity contribution in [2.45, 2.75) is 50.2 Å². The predicted octanol–water partition coefficient (Wildman–Crippen LogP) is 3.78. The third-order valence-corrected chi connectivity index (χ3v) is 4.51. The van der Waals surface area contributed by atoms with Gasteiger partial charge >= 0.3 is 0 Å². The van der Waals surface area contributed by atoms with Gasteiger partial charge in [0.25, 0.3) is 0 Å². The molecule has 1 aliphatic rings. The molecule has 96 valence electrons. The van der Waals surface area contributed by atoms with Gasteiger partial charge in [-0.2, -0.15) is 0 Å². The average molecular weight is 302 g/mol. The Kier molecular flexibility index (Phi) is 4.28. The summed E-state index contributed by atoms with van der Waals surface area (Å²) in [6.07, 6.45) is 8.60. The van der Waals surface area contributed by atoms with Crippen LogP contribution in [0.5, 0.6) is 0 Å². The normalized spacial score (nSPS) is 22.1. The van der Waals surface area contributed by atoms with Crippen molar-refractivity contribution in [2.24, 2.45) is 5.73 Å². The molecule has 1 fully saturated rings. The van der Waals surface area contributed by atoms with E-state index in [9.17, 15) is 0 Å². The van der Waals surface area contributed by atoms with Crippen LogP contribution < -0.4 is 5.73 Å². The van der Waals surface area contributed by atoms with Gasteiger partial charge in [0, 0.05) is 7.11 Å². The van der Waals surface area contributed by atoms with E-state index in [0.29, 0.717) is 0 Å². The molecule has 1 unspecified atom stereocenters. The molecule has 1 saturated carbocycles. The van der Waals surface area contributed by atoms with E-state index >= 15 is 0 Å². The molecular weight excluding hydrogens is 282 g/mol. The van der Waals surface area contributed by atoms with E-state index in [-0.39, 0.29) is 11.6 Å². The van der Waals surface area contributed by atoms with Gasteiger partial charge < -0.3 is 14.9 Å². The third kappa shape index (κ3) is 2.59. The molecule has 0 bridgehead atoms. The van der Waals surface area contributed by atoms with Crippen molar-refractivity contribution >= 4 is 15.9 Å². The highest BCUT2D eigenvalue weighted by atomic mass is 79.9. The number of halogens is 1. The van der Waals surface area contributed by atoms with Crippen LogP contribution in [0.15, 0.2) is 21.2 Å². The summed E-state index contributed by atoms with van der Waals surface area (Å²) in [5, 5.41) is 0. The van der Waals surface area contributed by atoms with Crippen LogP contribution in [0.25, 0.3) is 0 Å². The molecule has 1 aliphatic carbocycles. The summed E-state index contributed by atoms with van der Waals surface area (Å²) >= 11 is 3.48. The molecule has 0 aromatic carbocycles. The Balaban J connectivity index is 2.24. The van der Waals surface area contributed by atoms with Gasteiger partial charge in [-0.25, -0.2) is 0 Å². The number of hydrogen-bond acceptors (Lipinski definition) is 3. The fourth-order valence-corrected chi connectivity index (χ4v) is 3.18. The van der Waals surface area contributed by atoms with E-state index in [2.05, 4.69) is 15.9 Å². The minimum atomic E-state index is -0.267. The molecule has 1 aromatic heterocycles. The quantitative estimate of drug-likeness (QED) is 0.864. The van der Waals surface area contributed by atoms with Crippen LogP contribution in [-0.4, -0.2) is 12.7 Å². The summed E-state index contributed by atoms with van der Waals surface area (Å²) in [6.45, 7) is 0. The van der Waals surface area contributed by atoms with E-state index in [1.807, 2.05) is 6.07 Å². The van der Waals surface area contributed by atoms with Crippen LogP contribution in [0.3, 0.4) is 0 Å². The average Bonchev–Trinajstić information content (AvgIpc) is 2.64. The Morgan fingerprint density at radius 3 is 2.47 bits per heavy atom. The van der Waals surface area contributed by atoms with Crippen molar-refractivity contribution in [1.82, 2.24) is 0 Å².